The number of carbonyl (C=O) groups is 1. The molecule has 0 aromatic heterocycles. The Balaban J connectivity index is 2.65. The number of hydrogen-bond acceptors (Lipinski definition) is 1. The first kappa shape index (κ1) is 5.07. The maximum absolute atomic E-state index is 10.5. The van der Waals surface area contributed by atoms with Crippen LogP contribution in [-0.4, -0.2) is 19.6 Å². The van der Waals surface area contributed by atoms with Crippen LogP contribution in [-0.2, 0) is 4.79 Å². The van der Waals surface area contributed by atoms with Crippen molar-refractivity contribution >= 4 is 19.6 Å². The molecule has 0 radical (unpaired) electrons. The summed E-state index contributed by atoms with van der Waals surface area (Å²) in [5, 5.41) is 1.09. The molecule has 0 atom stereocenters. The summed E-state index contributed by atoms with van der Waals surface area (Å²) in [6.45, 7) is 3.60. The molecule has 0 aromatic rings. The zero-order chi connectivity index (χ0) is 5.28. The van der Waals surface area contributed by atoms with Crippen molar-refractivity contribution in [2.75, 3.05) is 0 Å². The van der Waals surface area contributed by atoms with Crippen molar-refractivity contribution in [1.29, 1.82) is 0 Å². The maximum atomic E-state index is 10.5. The molecule has 0 amide bonds. The van der Waals surface area contributed by atoms with E-state index in [0.29, 0.717) is 4.68 Å². The van der Waals surface area contributed by atoms with Gasteiger partial charge in [-0.1, -0.05) is 0 Å². The Labute approximate surface area is 48.9 Å². The monoisotopic (exact) mass is 162 g/mol. The molecule has 0 bridgehead atoms. The van der Waals surface area contributed by atoms with Crippen molar-refractivity contribution in [1.82, 2.24) is 0 Å². The second-order valence-corrected chi connectivity index (χ2v) is 3.73. The van der Waals surface area contributed by atoms with Crippen molar-refractivity contribution in [3.63, 3.8) is 0 Å². The van der Waals surface area contributed by atoms with E-state index in [0.717, 1.165) is 17.3 Å². The molecule has 0 unspecified atom stereocenters. The SMILES string of the molecule is C=C1CC[Se]C1=O. The van der Waals surface area contributed by atoms with Crippen LogP contribution in [0.2, 0.25) is 5.32 Å². The Morgan fingerprint density at radius 2 is 2.43 bits per heavy atom. The molecule has 1 aliphatic rings. The summed E-state index contributed by atoms with van der Waals surface area (Å²) in [5.74, 6) is 0. The Morgan fingerprint density at radius 3 is 2.57 bits per heavy atom. The molecule has 1 heterocycles. The average Bonchev–Trinajstić information content (AvgIpc) is 1.91. The van der Waals surface area contributed by atoms with E-state index in [1.54, 1.807) is 0 Å². The fourth-order valence-corrected chi connectivity index (χ4v) is 2.23. The van der Waals surface area contributed by atoms with Crippen molar-refractivity contribution in [3.8, 4) is 0 Å². The molecule has 1 saturated heterocycles. The van der Waals surface area contributed by atoms with Gasteiger partial charge in [-0.25, -0.2) is 0 Å². The molecule has 0 aliphatic carbocycles. The minimum absolute atomic E-state index is 0.261. The Morgan fingerprint density at radius 1 is 1.71 bits per heavy atom. The van der Waals surface area contributed by atoms with Gasteiger partial charge < -0.3 is 0 Å². The second-order valence-electron chi connectivity index (χ2n) is 1.49. The van der Waals surface area contributed by atoms with Gasteiger partial charge in [-0.05, 0) is 0 Å². The van der Waals surface area contributed by atoms with E-state index in [4.69, 9.17) is 0 Å². The van der Waals surface area contributed by atoms with Crippen molar-refractivity contribution < 1.29 is 4.79 Å². The summed E-state index contributed by atoms with van der Waals surface area (Å²) in [5.41, 5.74) is 0.847. The summed E-state index contributed by atoms with van der Waals surface area (Å²) in [6, 6.07) is 0. The zero-order valence-electron chi connectivity index (χ0n) is 3.94. The van der Waals surface area contributed by atoms with E-state index in [2.05, 4.69) is 6.58 Å². The minimum atomic E-state index is 0.261. The molecule has 2 heteroatoms. The third kappa shape index (κ3) is 0.929. The number of allylic oxidation sites excluding steroid dienone is 1. The van der Waals surface area contributed by atoms with Crippen molar-refractivity contribution in [2.45, 2.75) is 11.7 Å². The fourth-order valence-electron chi connectivity index (χ4n) is 0.471. The van der Waals surface area contributed by atoms with Gasteiger partial charge in [-0.15, -0.1) is 0 Å². The van der Waals surface area contributed by atoms with Crippen LogP contribution in [0.4, 0.5) is 0 Å². The molecule has 0 N–H and O–H groups in total. The normalized spacial score (nSPS) is 21.1. The number of hydrogen-bond donors (Lipinski definition) is 0. The van der Waals surface area contributed by atoms with Gasteiger partial charge in [-0.2, -0.15) is 0 Å². The van der Waals surface area contributed by atoms with Crippen LogP contribution in [0.25, 0.3) is 0 Å². The van der Waals surface area contributed by atoms with Crippen LogP contribution < -0.4 is 0 Å². The van der Waals surface area contributed by atoms with Crippen LogP contribution in [0.3, 0.4) is 0 Å². The topological polar surface area (TPSA) is 17.1 Å². The molecule has 0 aromatic carbocycles. The Kier molecular flexibility index (Phi) is 1.31. The predicted octanol–water partition coefficient (Wildman–Crippen LogP) is 0.595. The molecule has 0 spiro atoms. The second kappa shape index (κ2) is 1.81. The summed E-state index contributed by atoms with van der Waals surface area (Å²) < 4.78 is 0.326. The van der Waals surface area contributed by atoms with Gasteiger partial charge >= 0.3 is 48.3 Å². The van der Waals surface area contributed by atoms with Crippen LogP contribution in [0.15, 0.2) is 12.2 Å². The Bertz CT molecular complexity index is 103. The first-order chi connectivity index (χ1) is 3.30. The molecule has 38 valence electrons. The summed E-state index contributed by atoms with van der Waals surface area (Å²) in [4.78, 5) is 10.5. The van der Waals surface area contributed by atoms with Gasteiger partial charge in [0.25, 0.3) is 0 Å². The van der Waals surface area contributed by atoms with Gasteiger partial charge in [0, 0.05) is 0 Å². The van der Waals surface area contributed by atoms with E-state index in [-0.39, 0.29) is 15.0 Å². The summed E-state index contributed by atoms with van der Waals surface area (Å²) in [6.07, 6.45) is 0.957. The molecule has 1 aliphatic heterocycles. The van der Waals surface area contributed by atoms with Gasteiger partial charge in [0.2, 0.25) is 0 Å². The fraction of sp³-hybridized carbons (Fsp3) is 0.400. The summed E-state index contributed by atoms with van der Waals surface area (Å²) in [7, 11) is 0. The van der Waals surface area contributed by atoms with Crippen molar-refractivity contribution in [3.05, 3.63) is 12.2 Å². The van der Waals surface area contributed by atoms with Gasteiger partial charge in [-0.3, -0.25) is 0 Å². The van der Waals surface area contributed by atoms with Gasteiger partial charge in [0.05, 0.1) is 0 Å². The van der Waals surface area contributed by atoms with Crippen molar-refractivity contribution in [2.24, 2.45) is 0 Å². The van der Waals surface area contributed by atoms with Crippen LogP contribution in [0, 0.1) is 0 Å². The quantitative estimate of drug-likeness (QED) is 0.375. The van der Waals surface area contributed by atoms with E-state index in [1.807, 2.05) is 0 Å². The van der Waals surface area contributed by atoms with Gasteiger partial charge in [0.15, 0.2) is 0 Å². The molecular weight excluding hydrogens is 155 g/mol. The number of carbonyl (C=O) groups excluding carboxylic acids is 1. The first-order valence-corrected chi connectivity index (χ1v) is 4.22. The molecule has 1 fully saturated rings. The van der Waals surface area contributed by atoms with Crippen LogP contribution in [0.5, 0.6) is 0 Å². The van der Waals surface area contributed by atoms with Crippen LogP contribution in [0.1, 0.15) is 6.42 Å². The number of rotatable bonds is 0. The van der Waals surface area contributed by atoms with Gasteiger partial charge in [0.1, 0.15) is 0 Å². The third-order valence-electron chi connectivity index (χ3n) is 0.926. The standard InChI is InChI=1S/C5H6OSe/c1-4-2-3-7-5(4)6/h1-3H2. The van der Waals surface area contributed by atoms with E-state index in [1.165, 1.54) is 0 Å². The van der Waals surface area contributed by atoms with Crippen LogP contribution >= 0.6 is 0 Å². The Hall–Kier alpha value is -0.0705. The summed E-state index contributed by atoms with van der Waals surface area (Å²) >= 11 is 0.261. The zero-order valence-corrected chi connectivity index (χ0v) is 5.65. The van der Waals surface area contributed by atoms with E-state index < -0.39 is 0 Å². The average molecular weight is 161 g/mol. The first-order valence-electron chi connectivity index (χ1n) is 2.15. The molecule has 7 heavy (non-hydrogen) atoms. The third-order valence-corrected chi connectivity index (χ3v) is 2.94. The van der Waals surface area contributed by atoms with E-state index >= 15 is 0 Å². The molecule has 1 rings (SSSR count). The van der Waals surface area contributed by atoms with E-state index in [9.17, 15) is 4.79 Å². The predicted molar refractivity (Wildman–Crippen MR) is 29.3 cm³/mol. The molecule has 0 saturated carbocycles. The molecular formula is C5H6OSe. The molecule has 1 nitrogen and oxygen atoms in total.